The molecule has 2 aromatic heterocycles. The minimum Gasteiger partial charge on any atom is -0.463 e. The molecule has 1 aromatic carbocycles. The van der Waals surface area contributed by atoms with Gasteiger partial charge >= 0.3 is 11.8 Å². The Bertz CT molecular complexity index is 1050. The number of aryl methyl sites for hydroxylation is 1. The van der Waals surface area contributed by atoms with E-state index in [-0.39, 0.29) is 22.1 Å². The van der Waals surface area contributed by atoms with Gasteiger partial charge in [0, 0.05) is 12.6 Å². The summed E-state index contributed by atoms with van der Waals surface area (Å²) < 4.78 is 6.38. The van der Waals surface area contributed by atoms with Crippen LogP contribution in [0.1, 0.15) is 5.69 Å². The summed E-state index contributed by atoms with van der Waals surface area (Å²) in [4.78, 5) is 33.4. The minimum atomic E-state index is -1.43. The van der Waals surface area contributed by atoms with Crippen molar-refractivity contribution < 1.29 is 14.3 Å². The smallest absolute Gasteiger partial charge is 0.433 e. The van der Waals surface area contributed by atoms with Crippen LogP contribution in [-0.4, -0.2) is 31.6 Å². The first kappa shape index (κ1) is 15.7. The quantitative estimate of drug-likeness (QED) is 0.530. The van der Waals surface area contributed by atoms with Crippen molar-refractivity contribution in [3.8, 4) is 11.3 Å². The van der Waals surface area contributed by atoms with Gasteiger partial charge in [-0.15, -0.1) is 0 Å². The number of benzene rings is 1. The Labute approximate surface area is 139 Å². The third kappa shape index (κ3) is 2.72. The van der Waals surface area contributed by atoms with Crippen molar-refractivity contribution in [1.82, 2.24) is 14.5 Å². The molecule has 0 aliphatic heterocycles. The average molecular weight is 348 g/mol. The lowest BCUT2D eigenvalue weighted by Crippen LogP contribution is -2.17. The van der Waals surface area contributed by atoms with Gasteiger partial charge in [-0.2, -0.15) is 4.99 Å². The SMILES string of the molecule is Cn1c(=O)oc2c(Cl)cc(-c3cc(C(N)=NC(=O)O)ncn3)cc21. The molecule has 122 valence electrons. The van der Waals surface area contributed by atoms with Crippen LogP contribution in [-0.2, 0) is 7.05 Å². The lowest BCUT2D eigenvalue weighted by atomic mass is 10.1. The predicted octanol–water partition coefficient (Wildman–Crippen LogP) is 1.63. The van der Waals surface area contributed by atoms with Crippen LogP contribution in [0.5, 0.6) is 0 Å². The molecule has 0 saturated heterocycles. The van der Waals surface area contributed by atoms with Crippen LogP contribution in [0.25, 0.3) is 22.4 Å². The number of aliphatic imine (C=N–C) groups is 1. The summed E-state index contributed by atoms with van der Waals surface area (Å²) in [7, 11) is 1.55. The first-order valence-electron chi connectivity index (χ1n) is 6.56. The molecule has 0 radical (unpaired) electrons. The zero-order chi connectivity index (χ0) is 17.4. The molecule has 0 saturated carbocycles. The van der Waals surface area contributed by atoms with E-state index in [2.05, 4.69) is 15.0 Å². The van der Waals surface area contributed by atoms with Crippen molar-refractivity contribution in [2.45, 2.75) is 0 Å². The van der Waals surface area contributed by atoms with Gasteiger partial charge in [-0.3, -0.25) is 4.57 Å². The zero-order valence-electron chi connectivity index (χ0n) is 12.2. The van der Waals surface area contributed by atoms with Gasteiger partial charge in [0.25, 0.3) is 0 Å². The molecule has 1 amide bonds. The van der Waals surface area contributed by atoms with Gasteiger partial charge in [-0.25, -0.2) is 19.6 Å². The largest absolute Gasteiger partial charge is 0.463 e. The topological polar surface area (TPSA) is 137 Å². The van der Waals surface area contributed by atoms with E-state index in [4.69, 9.17) is 26.9 Å². The Hall–Kier alpha value is -3.20. The summed E-state index contributed by atoms with van der Waals surface area (Å²) in [5.41, 5.74) is 7.51. The highest BCUT2D eigenvalue weighted by Crippen LogP contribution is 2.29. The summed E-state index contributed by atoms with van der Waals surface area (Å²) in [5.74, 6) is -0.792. The molecule has 0 aliphatic rings. The molecular formula is C14H10ClN5O4. The lowest BCUT2D eigenvalue weighted by Gasteiger charge is -2.05. The number of carbonyl (C=O) groups is 1. The molecule has 3 rings (SSSR count). The molecule has 0 atom stereocenters. The van der Waals surface area contributed by atoms with E-state index in [1.807, 2.05) is 0 Å². The van der Waals surface area contributed by atoms with Crippen LogP contribution in [0.15, 0.2) is 38.7 Å². The second-order valence-corrected chi connectivity index (χ2v) is 5.21. The Morgan fingerprint density at radius 1 is 1.38 bits per heavy atom. The molecule has 24 heavy (non-hydrogen) atoms. The Morgan fingerprint density at radius 2 is 2.12 bits per heavy atom. The molecule has 0 unspecified atom stereocenters. The number of hydrogen-bond donors (Lipinski definition) is 2. The second-order valence-electron chi connectivity index (χ2n) is 4.80. The van der Waals surface area contributed by atoms with Crippen LogP contribution in [0.3, 0.4) is 0 Å². The van der Waals surface area contributed by atoms with Gasteiger partial charge in [0.2, 0.25) is 0 Å². The fraction of sp³-hybridized carbons (Fsp3) is 0.0714. The van der Waals surface area contributed by atoms with Crippen molar-refractivity contribution >= 4 is 34.6 Å². The fourth-order valence-electron chi connectivity index (χ4n) is 2.15. The highest BCUT2D eigenvalue weighted by molar-refractivity contribution is 6.35. The van der Waals surface area contributed by atoms with Crippen LogP contribution in [0, 0.1) is 0 Å². The van der Waals surface area contributed by atoms with E-state index in [0.29, 0.717) is 16.8 Å². The summed E-state index contributed by atoms with van der Waals surface area (Å²) in [6.45, 7) is 0. The maximum Gasteiger partial charge on any atom is 0.433 e. The van der Waals surface area contributed by atoms with E-state index in [1.54, 1.807) is 19.2 Å². The lowest BCUT2D eigenvalue weighted by molar-refractivity contribution is 0.205. The summed E-state index contributed by atoms with van der Waals surface area (Å²) >= 11 is 6.15. The second kappa shape index (κ2) is 5.78. The molecular weight excluding hydrogens is 338 g/mol. The van der Waals surface area contributed by atoms with Crippen LogP contribution >= 0.6 is 11.6 Å². The van der Waals surface area contributed by atoms with Gasteiger partial charge in [0.15, 0.2) is 11.4 Å². The third-order valence-corrected chi connectivity index (χ3v) is 3.57. The van der Waals surface area contributed by atoms with Crippen molar-refractivity contribution in [1.29, 1.82) is 0 Å². The van der Waals surface area contributed by atoms with Gasteiger partial charge in [0.05, 0.1) is 16.2 Å². The number of halogens is 1. The summed E-state index contributed by atoms with van der Waals surface area (Å²) in [6, 6.07) is 4.71. The first-order chi connectivity index (χ1) is 11.4. The number of carboxylic acid groups (broad SMARTS) is 1. The van der Waals surface area contributed by atoms with E-state index in [0.717, 1.165) is 0 Å². The molecule has 0 fully saturated rings. The standard InChI is InChI=1S/C14H10ClN5O4/c1-20-10-3-6(2-7(15)11(10)24-14(20)23)8-4-9(18-5-17-8)12(16)19-13(21)22/h2-5H,1H3,(H2,16,19)(H,21,22). The number of oxazole rings is 1. The van der Waals surface area contributed by atoms with Gasteiger partial charge in [0.1, 0.15) is 12.0 Å². The first-order valence-corrected chi connectivity index (χ1v) is 6.93. The minimum absolute atomic E-state index is 0.153. The molecule has 9 nitrogen and oxygen atoms in total. The predicted molar refractivity (Wildman–Crippen MR) is 86.2 cm³/mol. The number of fused-ring (bicyclic) bond motifs is 1. The molecule has 0 aliphatic carbocycles. The Morgan fingerprint density at radius 3 is 2.83 bits per heavy atom. The Balaban J connectivity index is 2.16. The average Bonchev–Trinajstić information content (AvgIpc) is 2.83. The Kier molecular flexibility index (Phi) is 3.78. The number of nitrogens with zero attached hydrogens (tertiary/aromatic N) is 4. The van der Waals surface area contributed by atoms with Crippen molar-refractivity contribution in [3.63, 3.8) is 0 Å². The highest BCUT2D eigenvalue weighted by atomic mass is 35.5. The molecule has 10 heteroatoms. The summed E-state index contributed by atoms with van der Waals surface area (Å²) in [5, 5.41) is 8.89. The zero-order valence-corrected chi connectivity index (χ0v) is 13.0. The normalized spacial score (nSPS) is 11.8. The van der Waals surface area contributed by atoms with Crippen molar-refractivity contribution in [3.05, 3.63) is 45.8 Å². The van der Waals surface area contributed by atoms with Gasteiger partial charge in [-0.05, 0) is 18.2 Å². The highest BCUT2D eigenvalue weighted by Gasteiger charge is 2.14. The number of amidine groups is 1. The van der Waals surface area contributed by atoms with Gasteiger partial charge in [-0.1, -0.05) is 11.6 Å². The van der Waals surface area contributed by atoms with E-state index >= 15 is 0 Å². The maximum atomic E-state index is 11.6. The van der Waals surface area contributed by atoms with Gasteiger partial charge < -0.3 is 15.3 Å². The number of amides is 1. The molecule has 3 N–H and O–H groups in total. The number of rotatable bonds is 2. The van der Waals surface area contributed by atoms with Crippen LogP contribution in [0.2, 0.25) is 5.02 Å². The molecule has 3 aromatic rings. The van der Waals surface area contributed by atoms with Crippen LogP contribution in [0.4, 0.5) is 4.79 Å². The number of hydrogen-bond acceptors (Lipinski definition) is 5. The number of nitrogens with two attached hydrogens (primary N) is 1. The third-order valence-electron chi connectivity index (χ3n) is 3.29. The molecule has 0 spiro atoms. The maximum absolute atomic E-state index is 11.6. The van der Waals surface area contributed by atoms with Crippen molar-refractivity contribution in [2.75, 3.05) is 0 Å². The van der Waals surface area contributed by atoms with E-state index in [9.17, 15) is 9.59 Å². The van der Waals surface area contributed by atoms with E-state index in [1.165, 1.54) is 17.0 Å². The fourth-order valence-corrected chi connectivity index (χ4v) is 2.40. The van der Waals surface area contributed by atoms with Crippen molar-refractivity contribution in [2.24, 2.45) is 17.8 Å². The van der Waals surface area contributed by atoms with E-state index < -0.39 is 11.8 Å². The molecule has 2 heterocycles. The monoisotopic (exact) mass is 347 g/mol. The summed E-state index contributed by atoms with van der Waals surface area (Å²) in [6.07, 6.45) is -0.202. The van der Waals surface area contributed by atoms with Crippen LogP contribution < -0.4 is 11.5 Å². The number of aromatic nitrogens is 3. The molecule has 0 bridgehead atoms.